The second-order valence-corrected chi connectivity index (χ2v) is 3.22. The van der Waals surface area contributed by atoms with Crippen LogP contribution in [0.2, 0.25) is 0 Å². The molecule has 0 fully saturated rings. The van der Waals surface area contributed by atoms with E-state index < -0.39 is 0 Å². The van der Waals surface area contributed by atoms with Crippen molar-refractivity contribution in [3.63, 3.8) is 0 Å². The summed E-state index contributed by atoms with van der Waals surface area (Å²) in [6.45, 7) is 0. The number of benzene rings is 1. The van der Waals surface area contributed by atoms with Gasteiger partial charge in [-0.25, -0.2) is 9.79 Å². The number of rotatable bonds is 3. The van der Waals surface area contributed by atoms with Gasteiger partial charge in [-0.3, -0.25) is 0 Å². The van der Waals surface area contributed by atoms with Crippen molar-refractivity contribution < 1.29 is 9.53 Å². The molecule has 80 valence electrons. The third kappa shape index (κ3) is 3.09. The highest BCUT2D eigenvalue weighted by molar-refractivity contribution is 5.95. The molecule has 4 nitrogen and oxygen atoms in total. The molecule has 0 amide bonds. The maximum atomic E-state index is 11.4. The quantitative estimate of drug-likeness (QED) is 0.429. The van der Waals surface area contributed by atoms with Crippen LogP contribution in [0.15, 0.2) is 29.3 Å². The summed E-state index contributed by atoms with van der Waals surface area (Å²) in [7, 11) is 5.09. The minimum atomic E-state index is -0.374. The van der Waals surface area contributed by atoms with Crippen molar-refractivity contribution >= 4 is 18.0 Å². The molecule has 1 aromatic rings. The van der Waals surface area contributed by atoms with E-state index in [-0.39, 0.29) is 5.97 Å². The zero-order valence-electron chi connectivity index (χ0n) is 9.10. The Labute approximate surface area is 89.2 Å². The molecule has 0 aliphatic rings. The van der Waals surface area contributed by atoms with E-state index in [1.54, 1.807) is 29.4 Å². The highest BCUT2D eigenvalue weighted by Crippen LogP contribution is 2.18. The molecule has 15 heavy (non-hydrogen) atoms. The van der Waals surface area contributed by atoms with Crippen molar-refractivity contribution in [2.45, 2.75) is 0 Å². The molecular weight excluding hydrogens is 192 g/mol. The monoisotopic (exact) mass is 206 g/mol. The van der Waals surface area contributed by atoms with E-state index in [4.69, 9.17) is 0 Å². The molecule has 0 saturated carbocycles. The van der Waals surface area contributed by atoms with Crippen LogP contribution < -0.4 is 0 Å². The molecule has 0 aromatic heterocycles. The van der Waals surface area contributed by atoms with E-state index in [9.17, 15) is 4.79 Å². The van der Waals surface area contributed by atoms with Crippen molar-refractivity contribution in [2.24, 2.45) is 4.99 Å². The maximum absolute atomic E-state index is 11.4. The second-order valence-electron chi connectivity index (χ2n) is 3.22. The Morgan fingerprint density at radius 3 is 2.67 bits per heavy atom. The normalized spacial score (nSPS) is 10.3. The van der Waals surface area contributed by atoms with Crippen LogP contribution in [0, 0.1) is 0 Å². The van der Waals surface area contributed by atoms with E-state index >= 15 is 0 Å². The molecule has 0 radical (unpaired) electrons. The van der Waals surface area contributed by atoms with Gasteiger partial charge in [0.25, 0.3) is 0 Å². The van der Waals surface area contributed by atoms with E-state index in [0.717, 1.165) is 0 Å². The van der Waals surface area contributed by atoms with Gasteiger partial charge in [-0.15, -0.1) is 0 Å². The standard InChI is InChI=1S/C11H14N2O2/c1-13(2)8-12-10-7-5-4-6-9(10)11(14)15-3/h4-8H,1-3H3. The average Bonchev–Trinajstić information content (AvgIpc) is 2.25. The predicted octanol–water partition coefficient (Wildman–Crippen LogP) is 1.69. The number of carbonyl (C=O) groups excluding carboxylic acids is 1. The molecule has 0 N–H and O–H groups in total. The first-order valence-electron chi connectivity index (χ1n) is 4.53. The van der Waals surface area contributed by atoms with Crippen LogP contribution in [0.3, 0.4) is 0 Å². The van der Waals surface area contributed by atoms with Crippen molar-refractivity contribution in [2.75, 3.05) is 21.2 Å². The maximum Gasteiger partial charge on any atom is 0.340 e. The van der Waals surface area contributed by atoms with Gasteiger partial charge in [-0.2, -0.15) is 0 Å². The largest absolute Gasteiger partial charge is 0.465 e. The molecule has 4 heteroatoms. The molecule has 0 aliphatic heterocycles. The van der Waals surface area contributed by atoms with E-state index in [2.05, 4.69) is 9.73 Å². The van der Waals surface area contributed by atoms with Gasteiger partial charge in [0.1, 0.15) is 0 Å². The zero-order chi connectivity index (χ0) is 11.3. The number of methoxy groups -OCH3 is 1. The summed E-state index contributed by atoms with van der Waals surface area (Å²) in [5.74, 6) is -0.374. The fourth-order valence-corrected chi connectivity index (χ4v) is 1.05. The zero-order valence-corrected chi connectivity index (χ0v) is 9.10. The Morgan fingerprint density at radius 2 is 2.07 bits per heavy atom. The van der Waals surface area contributed by atoms with Gasteiger partial charge in [-0.1, -0.05) is 12.1 Å². The molecule has 0 saturated heterocycles. The van der Waals surface area contributed by atoms with Gasteiger partial charge >= 0.3 is 5.97 Å². The Kier molecular flexibility index (Phi) is 3.85. The molecule has 0 atom stereocenters. The lowest BCUT2D eigenvalue weighted by atomic mass is 10.2. The van der Waals surface area contributed by atoms with Gasteiger partial charge in [0.15, 0.2) is 0 Å². The van der Waals surface area contributed by atoms with E-state index in [1.165, 1.54) is 7.11 Å². The third-order valence-corrected chi connectivity index (χ3v) is 1.74. The average molecular weight is 206 g/mol. The third-order valence-electron chi connectivity index (χ3n) is 1.74. The molecule has 1 rings (SSSR count). The van der Waals surface area contributed by atoms with Gasteiger partial charge in [0, 0.05) is 14.1 Å². The van der Waals surface area contributed by atoms with Gasteiger partial charge in [0.2, 0.25) is 0 Å². The molecule has 0 unspecified atom stereocenters. The summed E-state index contributed by atoms with van der Waals surface area (Å²) < 4.78 is 4.66. The lowest BCUT2D eigenvalue weighted by molar-refractivity contribution is 0.0601. The van der Waals surface area contributed by atoms with Crippen LogP contribution in [0.1, 0.15) is 10.4 Å². The summed E-state index contributed by atoms with van der Waals surface area (Å²) in [5.41, 5.74) is 1.08. The Hall–Kier alpha value is -1.84. The molecule has 0 spiro atoms. The van der Waals surface area contributed by atoms with Crippen LogP contribution in [0.25, 0.3) is 0 Å². The lowest BCUT2D eigenvalue weighted by Crippen LogP contribution is -2.07. The van der Waals surface area contributed by atoms with Gasteiger partial charge < -0.3 is 9.64 Å². The van der Waals surface area contributed by atoms with Crippen molar-refractivity contribution in [1.29, 1.82) is 0 Å². The van der Waals surface area contributed by atoms with E-state index in [1.807, 2.05) is 20.2 Å². The first-order chi connectivity index (χ1) is 7.15. The number of carbonyl (C=O) groups is 1. The minimum absolute atomic E-state index is 0.374. The van der Waals surface area contributed by atoms with Crippen LogP contribution in [0.4, 0.5) is 5.69 Å². The first kappa shape index (κ1) is 11.2. The highest BCUT2D eigenvalue weighted by Gasteiger charge is 2.09. The second kappa shape index (κ2) is 5.14. The number of hydrogen-bond donors (Lipinski definition) is 0. The van der Waals surface area contributed by atoms with Crippen molar-refractivity contribution in [3.8, 4) is 0 Å². The number of ether oxygens (including phenoxy) is 1. The van der Waals surface area contributed by atoms with Crippen LogP contribution >= 0.6 is 0 Å². The Balaban J connectivity index is 3.01. The molecule has 0 bridgehead atoms. The van der Waals surface area contributed by atoms with Crippen molar-refractivity contribution in [1.82, 2.24) is 4.90 Å². The summed E-state index contributed by atoms with van der Waals surface area (Å²) in [6, 6.07) is 7.07. The molecule has 0 aliphatic carbocycles. The SMILES string of the molecule is COC(=O)c1ccccc1N=CN(C)C. The Morgan fingerprint density at radius 1 is 1.40 bits per heavy atom. The number of esters is 1. The number of aliphatic imine (C=N–C) groups is 1. The molecular formula is C11H14N2O2. The number of hydrogen-bond acceptors (Lipinski definition) is 3. The van der Waals surface area contributed by atoms with Gasteiger partial charge in [-0.05, 0) is 12.1 Å². The summed E-state index contributed by atoms with van der Waals surface area (Å²) in [6.07, 6.45) is 1.64. The smallest absolute Gasteiger partial charge is 0.340 e. The minimum Gasteiger partial charge on any atom is -0.465 e. The predicted molar refractivity (Wildman–Crippen MR) is 59.6 cm³/mol. The first-order valence-corrected chi connectivity index (χ1v) is 4.53. The van der Waals surface area contributed by atoms with Crippen LogP contribution in [-0.4, -0.2) is 38.4 Å². The number of nitrogens with zero attached hydrogens (tertiary/aromatic N) is 2. The summed E-state index contributed by atoms with van der Waals surface area (Å²) >= 11 is 0. The topological polar surface area (TPSA) is 41.9 Å². The fraction of sp³-hybridized carbons (Fsp3) is 0.273. The summed E-state index contributed by atoms with van der Waals surface area (Å²) in [4.78, 5) is 17.3. The highest BCUT2D eigenvalue weighted by atomic mass is 16.5. The number of para-hydroxylation sites is 1. The molecule has 0 heterocycles. The summed E-state index contributed by atoms with van der Waals surface area (Å²) in [5, 5.41) is 0. The Bertz CT molecular complexity index is 373. The molecule has 1 aromatic carbocycles. The lowest BCUT2D eigenvalue weighted by Gasteiger charge is -2.05. The fourth-order valence-electron chi connectivity index (χ4n) is 1.05. The van der Waals surface area contributed by atoms with Gasteiger partial charge in [0.05, 0.1) is 24.7 Å². The van der Waals surface area contributed by atoms with Crippen molar-refractivity contribution in [3.05, 3.63) is 29.8 Å². The van der Waals surface area contributed by atoms with Crippen LogP contribution in [0.5, 0.6) is 0 Å². The van der Waals surface area contributed by atoms with Crippen LogP contribution in [-0.2, 0) is 4.74 Å². The van der Waals surface area contributed by atoms with E-state index in [0.29, 0.717) is 11.3 Å².